The van der Waals surface area contributed by atoms with Crippen LogP contribution in [-0.2, 0) is 11.2 Å². The lowest BCUT2D eigenvalue weighted by atomic mass is 9.96. The number of benzene rings is 1. The van der Waals surface area contributed by atoms with Crippen LogP contribution in [0.1, 0.15) is 31.7 Å². The topological polar surface area (TPSA) is 32.3 Å². The molecule has 0 aromatic heterocycles. The minimum atomic E-state index is -0.465. The van der Waals surface area contributed by atoms with Gasteiger partial charge in [-0.15, -0.1) is 12.4 Å². The molecule has 130 valence electrons. The fraction of sp³-hybridized carbons (Fsp3) is 0.588. The van der Waals surface area contributed by atoms with Crippen molar-refractivity contribution in [2.45, 2.75) is 32.6 Å². The second-order valence-electron chi connectivity index (χ2n) is 5.87. The summed E-state index contributed by atoms with van der Waals surface area (Å²) in [5.41, 5.74) is 0.274. The minimum absolute atomic E-state index is 0. The van der Waals surface area contributed by atoms with E-state index in [1.807, 2.05) is 4.90 Å². The molecule has 0 saturated carbocycles. The van der Waals surface area contributed by atoms with E-state index >= 15 is 0 Å². The summed E-state index contributed by atoms with van der Waals surface area (Å²) < 4.78 is 26.6. The average Bonchev–Trinajstić information content (AvgIpc) is 2.54. The Morgan fingerprint density at radius 1 is 1.30 bits per heavy atom. The first kappa shape index (κ1) is 19.8. The smallest absolute Gasteiger partial charge is 0.222 e. The molecule has 1 aromatic rings. The normalized spacial score (nSPS) is 15.3. The molecule has 0 unspecified atom stereocenters. The SMILES string of the molecule is CCNCC1CCN(C(=O)CCc2cc(F)ccc2F)CC1.Cl. The van der Waals surface area contributed by atoms with Crippen molar-refractivity contribution in [2.75, 3.05) is 26.2 Å². The predicted octanol–water partition coefficient (Wildman–Crippen LogP) is 3.17. The Bertz CT molecular complexity index is 505. The number of halogens is 3. The lowest BCUT2D eigenvalue weighted by Gasteiger charge is -2.32. The molecule has 1 aliphatic heterocycles. The third-order valence-electron chi connectivity index (χ3n) is 4.27. The van der Waals surface area contributed by atoms with Crippen LogP contribution in [0.15, 0.2) is 18.2 Å². The molecule has 0 radical (unpaired) electrons. The standard InChI is InChI=1S/C17H24F2N2O.ClH/c1-2-20-12-13-7-9-21(10-8-13)17(22)6-3-14-11-15(18)4-5-16(14)19;/h4-5,11,13,20H,2-3,6-10,12H2,1H3;1H. The van der Waals surface area contributed by atoms with Gasteiger partial charge in [0.25, 0.3) is 0 Å². The van der Waals surface area contributed by atoms with E-state index in [1.54, 1.807) is 0 Å². The molecule has 0 spiro atoms. The van der Waals surface area contributed by atoms with Gasteiger partial charge in [0.05, 0.1) is 0 Å². The molecule has 1 aliphatic rings. The Labute approximate surface area is 142 Å². The summed E-state index contributed by atoms with van der Waals surface area (Å²) in [4.78, 5) is 14.0. The van der Waals surface area contributed by atoms with Gasteiger partial charge in [0.2, 0.25) is 5.91 Å². The van der Waals surface area contributed by atoms with Gasteiger partial charge in [-0.25, -0.2) is 8.78 Å². The molecular formula is C17H25ClF2N2O. The fourth-order valence-corrected chi connectivity index (χ4v) is 2.87. The number of nitrogens with one attached hydrogen (secondary N) is 1. The van der Waals surface area contributed by atoms with Gasteiger partial charge >= 0.3 is 0 Å². The Kier molecular flexibility index (Phi) is 8.48. The van der Waals surface area contributed by atoms with Crippen molar-refractivity contribution in [3.8, 4) is 0 Å². The van der Waals surface area contributed by atoms with Gasteiger partial charge < -0.3 is 10.2 Å². The number of nitrogens with zero attached hydrogens (tertiary/aromatic N) is 1. The summed E-state index contributed by atoms with van der Waals surface area (Å²) >= 11 is 0. The maximum absolute atomic E-state index is 13.5. The van der Waals surface area contributed by atoms with Gasteiger partial charge in [0, 0.05) is 19.5 Å². The van der Waals surface area contributed by atoms with Crippen LogP contribution in [0.4, 0.5) is 8.78 Å². The molecule has 3 nitrogen and oxygen atoms in total. The van der Waals surface area contributed by atoms with Gasteiger partial charge in [-0.1, -0.05) is 6.92 Å². The summed E-state index contributed by atoms with van der Waals surface area (Å²) in [7, 11) is 0. The number of likely N-dealkylation sites (tertiary alicyclic amines) is 1. The third kappa shape index (κ3) is 6.07. The molecule has 1 amide bonds. The van der Waals surface area contributed by atoms with Gasteiger partial charge in [-0.05, 0) is 62.0 Å². The first-order valence-corrected chi connectivity index (χ1v) is 8.02. The van der Waals surface area contributed by atoms with E-state index in [-0.39, 0.29) is 36.7 Å². The number of rotatable bonds is 6. The van der Waals surface area contributed by atoms with E-state index in [4.69, 9.17) is 0 Å². The molecule has 0 aliphatic carbocycles. The van der Waals surface area contributed by atoms with Crippen LogP contribution in [0, 0.1) is 17.6 Å². The molecule has 1 aromatic carbocycles. The molecule has 1 N–H and O–H groups in total. The summed E-state index contributed by atoms with van der Waals surface area (Å²) in [6.07, 6.45) is 2.50. The van der Waals surface area contributed by atoms with E-state index in [9.17, 15) is 13.6 Å². The Balaban J connectivity index is 0.00000264. The summed E-state index contributed by atoms with van der Waals surface area (Å²) in [6.45, 7) is 5.59. The number of carbonyl (C=O) groups excluding carboxylic acids is 1. The van der Waals surface area contributed by atoms with Crippen LogP contribution in [0.25, 0.3) is 0 Å². The molecule has 0 atom stereocenters. The highest BCUT2D eigenvalue weighted by Gasteiger charge is 2.22. The second-order valence-corrected chi connectivity index (χ2v) is 5.87. The van der Waals surface area contributed by atoms with E-state index in [2.05, 4.69) is 12.2 Å². The first-order valence-electron chi connectivity index (χ1n) is 8.02. The maximum Gasteiger partial charge on any atom is 0.222 e. The monoisotopic (exact) mass is 346 g/mol. The van der Waals surface area contributed by atoms with E-state index < -0.39 is 11.6 Å². The first-order chi connectivity index (χ1) is 10.6. The predicted molar refractivity (Wildman–Crippen MR) is 89.8 cm³/mol. The quantitative estimate of drug-likeness (QED) is 0.858. The lowest BCUT2D eigenvalue weighted by Crippen LogP contribution is -2.40. The largest absolute Gasteiger partial charge is 0.343 e. The number of hydrogen-bond donors (Lipinski definition) is 1. The van der Waals surface area contributed by atoms with Crippen LogP contribution < -0.4 is 5.32 Å². The van der Waals surface area contributed by atoms with E-state index in [0.29, 0.717) is 5.92 Å². The molecule has 0 bridgehead atoms. The molecule has 1 saturated heterocycles. The zero-order valence-electron chi connectivity index (χ0n) is 13.5. The third-order valence-corrected chi connectivity index (χ3v) is 4.27. The molecule has 23 heavy (non-hydrogen) atoms. The van der Waals surface area contributed by atoms with Crippen molar-refractivity contribution < 1.29 is 13.6 Å². The summed E-state index contributed by atoms with van der Waals surface area (Å²) in [5.74, 6) is -0.248. The van der Waals surface area contributed by atoms with Crippen LogP contribution in [0.5, 0.6) is 0 Å². The zero-order chi connectivity index (χ0) is 15.9. The van der Waals surface area contributed by atoms with Crippen molar-refractivity contribution in [2.24, 2.45) is 5.92 Å². The van der Waals surface area contributed by atoms with Gasteiger partial charge in [0.1, 0.15) is 11.6 Å². The number of carbonyl (C=O) groups is 1. The molecule has 1 fully saturated rings. The Hall–Kier alpha value is -1.20. The zero-order valence-corrected chi connectivity index (χ0v) is 14.3. The molecule has 1 heterocycles. The van der Waals surface area contributed by atoms with Crippen LogP contribution in [-0.4, -0.2) is 37.0 Å². The van der Waals surface area contributed by atoms with Crippen molar-refractivity contribution in [1.82, 2.24) is 10.2 Å². The van der Waals surface area contributed by atoms with Crippen molar-refractivity contribution in [1.29, 1.82) is 0 Å². The van der Waals surface area contributed by atoms with Gasteiger partial charge in [-0.3, -0.25) is 4.79 Å². The lowest BCUT2D eigenvalue weighted by molar-refractivity contribution is -0.132. The van der Waals surface area contributed by atoms with Crippen molar-refractivity contribution >= 4 is 18.3 Å². The fourth-order valence-electron chi connectivity index (χ4n) is 2.87. The van der Waals surface area contributed by atoms with Crippen molar-refractivity contribution in [3.05, 3.63) is 35.4 Å². The van der Waals surface area contributed by atoms with Gasteiger partial charge in [0.15, 0.2) is 0 Å². The second kappa shape index (κ2) is 9.83. The highest BCUT2D eigenvalue weighted by molar-refractivity contribution is 5.85. The van der Waals surface area contributed by atoms with Crippen LogP contribution in [0.2, 0.25) is 0 Å². The Morgan fingerprint density at radius 3 is 2.65 bits per heavy atom. The number of hydrogen-bond acceptors (Lipinski definition) is 2. The molecule has 6 heteroatoms. The van der Waals surface area contributed by atoms with Crippen LogP contribution in [0.3, 0.4) is 0 Å². The highest BCUT2D eigenvalue weighted by Crippen LogP contribution is 2.18. The number of aryl methyl sites for hydroxylation is 1. The van der Waals surface area contributed by atoms with Crippen molar-refractivity contribution in [3.63, 3.8) is 0 Å². The molecular weight excluding hydrogens is 322 g/mol. The number of piperidine rings is 1. The highest BCUT2D eigenvalue weighted by atomic mass is 35.5. The maximum atomic E-state index is 13.5. The Morgan fingerprint density at radius 2 is 2.00 bits per heavy atom. The van der Waals surface area contributed by atoms with E-state index in [1.165, 1.54) is 6.07 Å². The summed E-state index contributed by atoms with van der Waals surface area (Å²) in [5, 5.41) is 3.34. The minimum Gasteiger partial charge on any atom is -0.343 e. The average molecular weight is 347 g/mol. The van der Waals surface area contributed by atoms with Crippen LogP contribution >= 0.6 is 12.4 Å². The van der Waals surface area contributed by atoms with Gasteiger partial charge in [-0.2, -0.15) is 0 Å². The summed E-state index contributed by atoms with van der Waals surface area (Å²) in [6, 6.07) is 3.38. The molecule has 2 rings (SSSR count). The van der Waals surface area contributed by atoms with E-state index in [0.717, 1.165) is 51.2 Å². The number of amides is 1.